The fourth-order valence-corrected chi connectivity index (χ4v) is 0. The van der Waals surface area contributed by atoms with E-state index in [0.29, 0.717) is 0 Å². The molecule has 0 atom stereocenters. The Labute approximate surface area is 41.2 Å². The molecule has 0 amide bonds. The van der Waals surface area contributed by atoms with Crippen LogP contribution in [0.5, 0.6) is 0 Å². The molecule has 5 heavy (non-hydrogen) atoms. The van der Waals surface area contributed by atoms with Crippen molar-refractivity contribution in [2.24, 2.45) is 0 Å². The van der Waals surface area contributed by atoms with Crippen molar-refractivity contribution >= 4 is 0 Å². The molecule has 0 spiro atoms. The van der Waals surface area contributed by atoms with Gasteiger partial charge in [-0.3, -0.25) is 10.5 Å². The molecule has 0 radical (unpaired) electrons. The van der Waals surface area contributed by atoms with Crippen molar-refractivity contribution in [3.8, 4) is 0 Å². The van der Waals surface area contributed by atoms with Crippen LogP contribution in [0.4, 0.5) is 0 Å². The van der Waals surface area contributed by atoms with Crippen LogP contribution in [0.2, 0.25) is 0 Å². The van der Waals surface area contributed by atoms with Gasteiger partial charge in [-0.05, 0) is 0 Å². The molecule has 0 aliphatic heterocycles. The smallest absolute Gasteiger partial charge is 0.870 e. The van der Waals surface area contributed by atoms with Gasteiger partial charge in [0.1, 0.15) is 0 Å². The predicted octanol–water partition coefficient (Wildman–Crippen LogP) is -3.98. The molecule has 5 N–H and O–H groups in total. The molecule has 4 nitrogen and oxygen atoms in total. The fraction of sp³-hybridized carbons (Fsp3) is 0. The van der Waals surface area contributed by atoms with Crippen molar-refractivity contribution in [2.75, 3.05) is 0 Å². The minimum absolute atomic E-state index is 0. The summed E-state index contributed by atoms with van der Waals surface area (Å²) >= 11 is 0. The maximum absolute atomic E-state index is 6.00. The van der Waals surface area contributed by atoms with Gasteiger partial charge in [-0.2, -0.15) is 0 Å². The summed E-state index contributed by atoms with van der Waals surface area (Å²) in [5.74, 6) is 0. The van der Waals surface area contributed by atoms with Crippen molar-refractivity contribution in [2.45, 2.75) is 0 Å². The van der Waals surface area contributed by atoms with Gasteiger partial charge in [0.15, 0.2) is 0 Å². The molecule has 0 aliphatic carbocycles. The predicted molar refractivity (Wildman–Crippen MR) is 10.8 cm³/mol. The van der Waals surface area contributed by atoms with E-state index >= 15 is 0 Å². The maximum Gasteiger partial charge on any atom is 1.00 e. The van der Waals surface area contributed by atoms with Gasteiger partial charge in [-0.25, -0.2) is 0 Å². The second-order valence-electron chi connectivity index (χ2n) is 0. The summed E-state index contributed by atoms with van der Waals surface area (Å²) in [6.07, 6.45) is 0. The van der Waals surface area contributed by atoms with Gasteiger partial charge in [0.2, 0.25) is 0 Å². The second kappa shape index (κ2) is 274. The summed E-state index contributed by atoms with van der Waals surface area (Å²) in [5, 5.41) is 12.0. The topological polar surface area (TPSA) is 102 Å². The van der Waals surface area contributed by atoms with Crippen molar-refractivity contribution < 1.29 is 40.3 Å². The quantitative estimate of drug-likeness (QED) is 0.175. The monoisotopic (exact) mass is 76.0 g/mol. The Kier molecular flexibility index (Phi) is 2840. The summed E-state index contributed by atoms with van der Waals surface area (Å²) in [6, 6.07) is 0. The normalized spacial score (nSPS) is 1.20. The van der Waals surface area contributed by atoms with Gasteiger partial charge in [-0.1, -0.05) is 0 Å². The van der Waals surface area contributed by atoms with Gasteiger partial charge >= 0.3 is 18.9 Å². The van der Waals surface area contributed by atoms with Crippen molar-refractivity contribution in [3.05, 3.63) is 0 Å². The maximum atomic E-state index is 6.00. The molecule has 0 fully saturated rings. The van der Waals surface area contributed by atoms with E-state index in [4.69, 9.17) is 10.5 Å². The van der Waals surface area contributed by atoms with E-state index < -0.39 is 0 Å². The molecule has 0 aliphatic rings. The fourth-order valence-electron chi connectivity index (χ4n) is 0. The van der Waals surface area contributed by atoms with Gasteiger partial charge in [0.25, 0.3) is 0 Å². The molecular formula is H5LiO4. The molecule has 0 aromatic rings. The molecule has 0 saturated heterocycles. The van der Waals surface area contributed by atoms with E-state index in [9.17, 15) is 0 Å². The van der Waals surface area contributed by atoms with Crippen LogP contribution >= 0.6 is 0 Å². The Hall–Kier alpha value is 0.437. The first-order chi connectivity index (χ1) is 1.00. The molecule has 0 aromatic carbocycles. The van der Waals surface area contributed by atoms with Crippen LogP contribution in [0.15, 0.2) is 0 Å². The van der Waals surface area contributed by atoms with E-state index in [1.807, 2.05) is 0 Å². The Morgan fingerprint density at radius 1 is 1.00 bits per heavy atom. The van der Waals surface area contributed by atoms with Gasteiger partial charge < -0.3 is 11.0 Å². The molecule has 0 bridgehead atoms. The van der Waals surface area contributed by atoms with Crippen molar-refractivity contribution in [3.63, 3.8) is 0 Å². The first-order valence-electron chi connectivity index (χ1n) is 0.200. The zero-order valence-corrected chi connectivity index (χ0v) is 2.84. The van der Waals surface area contributed by atoms with Crippen LogP contribution in [0.1, 0.15) is 0 Å². The van der Waals surface area contributed by atoms with Crippen molar-refractivity contribution in [1.82, 2.24) is 0 Å². The summed E-state index contributed by atoms with van der Waals surface area (Å²) in [6.45, 7) is 0. The average molecular weight is 76.0 g/mol. The zero-order chi connectivity index (χ0) is 2.00. The molecule has 5 heteroatoms. The van der Waals surface area contributed by atoms with Crippen LogP contribution in [0.25, 0.3) is 0 Å². The van der Waals surface area contributed by atoms with E-state index in [1.165, 1.54) is 0 Å². The van der Waals surface area contributed by atoms with Gasteiger partial charge in [0.05, 0.1) is 0 Å². The van der Waals surface area contributed by atoms with Crippen LogP contribution < -0.4 is 18.9 Å². The SMILES string of the molecule is O.OO.[Li+].[OH-]. The van der Waals surface area contributed by atoms with Crippen LogP contribution in [0.3, 0.4) is 0 Å². The number of hydrogen-bond donors (Lipinski definition) is 2. The standard InChI is InChI=1S/Li.H2O2.2H2O/c;1-2;;/h;1-2H;2*1H2/q+1;;;/p-1. The number of rotatable bonds is 0. The molecule has 0 aromatic heterocycles. The Morgan fingerprint density at radius 2 is 1.00 bits per heavy atom. The van der Waals surface area contributed by atoms with Crippen LogP contribution in [-0.2, 0) is 0 Å². The van der Waals surface area contributed by atoms with Crippen LogP contribution in [0, 0.1) is 0 Å². The van der Waals surface area contributed by atoms with E-state index in [2.05, 4.69) is 0 Å². The average Bonchev–Trinajstić information content (AvgIpc) is 1.00. The molecule has 30 valence electrons. The van der Waals surface area contributed by atoms with E-state index in [0.717, 1.165) is 0 Å². The Morgan fingerprint density at radius 3 is 1.00 bits per heavy atom. The first-order valence-corrected chi connectivity index (χ1v) is 0.200. The van der Waals surface area contributed by atoms with E-state index in [1.54, 1.807) is 0 Å². The summed E-state index contributed by atoms with van der Waals surface area (Å²) in [4.78, 5) is 0. The van der Waals surface area contributed by atoms with Crippen molar-refractivity contribution in [1.29, 1.82) is 0 Å². The third kappa shape index (κ3) is 138. The summed E-state index contributed by atoms with van der Waals surface area (Å²) in [5.41, 5.74) is 0. The first kappa shape index (κ1) is 51.8. The summed E-state index contributed by atoms with van der Waals surface area (Å²) in [7, 11) is 0. The minimum atomic E-state index is 0. The third-order valence-corrected chi connectivity index (χ3v) is 0. The van der Waals surface area contributed by atoms with E-state index in [-0.39, 0.29) is 29.8 Å². The Bertz CT molecular complexity index is 3.61. The largest absolute Gasteiger partial charge is 1.00 e. The molecule has 0 unspecified atom stereocenters. The van der Waals surface area contributed by atoms with Crippen LogP contribution in [-0.4, -0.2) is 21.5 Å². The van der Waals surface area contributed by atoms with Gasteiger partial charge in [0, 0.05) is 0 Å². The zero-order valence-electron chi connectivity index (χ0n) is 2.84. The number of hydrogen-bond acceptors (Lipinski definition) is 3. The molecule has 0 heterocycles. The summed E-state index contributed by atoms with van der Waals surface area (Å²) < 4.78 is 0. The molecule has 0 saturated carbocycles. The van der Waals surface area contributed by atoms with Gasteiger partial charge in [-0.15, -0.1) is 0 Å². The molecular weight excluding hydrogens is 70.9 g/mol. The Balaban J connectivity index is -0.00000000167. The third-order valence-electron chi connectivity index (χ3n) is 0. The molecule has 0 rings (SSSR count). The second-order valence-corrected chi connectivity index (χ2v) is 0. The minimum Gasteiger partial charge on any atom is -0.870 e.